The van der Waals surface area contributed by atoms with Crippen molar-refractivity contribution in [1.29, 1.82) is 0 Å². The van der Waals surface area contributed by atoms with Gasteiger partial charge in [-0.3, -0.25) is 0 Å². The monoisotopic (exact) mass is 791 g/mol. The summed E-state index contributed by atoms with van der Waals surface area (Å²) in [5.74, 6) is 1.88. The van der Waals surface area contributed by atoms with Crippen molar-refractivity contribution in [3.63, 3.8) is 0 Å². The van der Waals surface area contributed by atoms with E-state index in [1.807, 2.05) is 36.4 Å². The van der Waals surface area contributed by atoms with Crippen LogP contribution in [0.4, 0.5) is 0 Å². The van der Waals surface area contributed by atoms with Crippen molar-refractivity contribution in [1.82, 2.24) is 24.1 Å². The van der Waals surface area contributed by atoms with E-state index in [2.05, 4.69) is 197 Å². The lowest BCUT2D eigenvalue weighted by Gasteiger charge is -2.12. The Hall–Kier alpha value is -8.41. The Balaban J connectivity index is 0.976. The first-order valence-electron chi connectivity index (χ1n) is 20.9. The molecule has 3 heterocycles. The topological polar surface area (TPSA) is 48.5 Å². The molecule has 12 aromatic rings. The molecule has 62 heavy (non-hydrogen) atoms. The largest absolute Gasteiger partial charge is 0.309 e. The third kappa shape index (κ3) is 5.98. The molecule has 0 aliphatic rings. The van der Waals surface area contributed by atoms with Crippen LogP contribution in [0.1, 0.15) is 0 Å². The van der Waals surface area contributed by atoms with Gasteiger partial charge >= 0.3 is 0 Å². The van der Waals surface area contributed by atoms with E-state index in [0.717, 1.165) is 44.7 Å². The van der Waals surface area contributed by atoms with Crippen molar-refractivity contribution in [3.8, 4) is 67.8 Å². The van der Waals surface area contributed by atoms with Gasteiger partial charge < -0.3 is 9.13 Å². The Morgan fingerprint density at radius 2 is 0.694 bits per heavy atom. The number of hydrogen-bond donors (Lipinski definition) is 0. The summed E-state index contributed by atoms with van der Waals surface area (Å²) >= 11 is 0. The van der Waals surface area contributed by atoms with E-state index in [1.54, 1.807) is 0 Å². The molecule has 0 atom stereocenters. The van der Waals surface area contributed by atoms with Crippen LogP contribution >= 0.6 is 0 Å². The summed E-state index contributed by atoms with van der Waals surface area (Å²) in [6.45, 7) is 0. The van der Waals surface area contributed by atoms with Gasteiger partial charge in [0, 0.05) is 49.6 Å². The average Bonchev–Trinajstić information content (AvgIpc) is 3.88. The van der Waals surface area contributed by atoms with Crippen LogP contribution in [-0.4, -0.2) is 24.1 Å². The molecule has 290 valence electrons. The first kappa shape index (κ1) is 35.5. The fourth-order valence-corrected chi connectivity index (χ4v) is 9.06. The Bertz CT molecular complexity index is 3590. The van der Waals surface area contributed by atoms with E-state index in [9.17, 15) is 0 Å². The molecule has 12 rings (SSSR count). The minimum absolute atomic E-state index is 0.621. The van der Waals surface area contributed by atoms with Gasteiger partial charge in [0.15, 0.2) is 17.5 Å². The predicted molar refractivity (Wildman–Crippen MR) is 256 cm³/mol. The molecule has 0 saturated carbocycles. The zero-order chi connectivity index (χ0) is 41.0. The Kier molecular flexibility index (Phi) is 8.42. The zero-order valence-electron chi connectivity index (χ0n) is 33.6. The molecule has 0 radical (unpaired) electrons. The van der Waals surface area contributed by atoms with E-state index in [4.69, 9.17) is 15.0 Å². The molecule has 0 fully saturated rings. The molecule has 0 aliphatic carbocycles. The van der Waals surface area contributed by atoms with E-state index >= 15 is 0 Å². The summed E-state index contributed by atoms with van der Waals surface area (Å²) in [6, 6.07) is 79.2. The molecule has 5 heteroatoms. The van der Waals surface area contributed by atoms with Gasteiger partial charge in [0.25, 0.3) is 0 Å². The Labute approximate surface area is 358 Å². The van der Waals surface area contributed by atoms with E-state index in [1.165, 1.54) is 49.2 Å². The molecule has 0 aliphatic heterocycles. The highest BCUT2D eigenvalue weighted by atomic mass is 15.0. The van der Waals surface area contributed by atoms with E-state index in [0.29, 0.717) is 17.5 Å². The van der Waals surface area contributed by atoms with Gasteiger partial charge in [0.2, 0.25) is 0 Å². The molecule has 9 aromatic carbocycles. The first-order chi connectivity index (χ1) is 30.7. The van der Waals surface area contributed by atoms with Crippen LogP contribution < -0.4 is 0 Å². The van der Waals surface area contributed by atoms with Crippen LogP contribution in [0.3, 0.4) is 0 Å². The second-order valence-corrected chi connectivity index (χ2v) is 15.6. The number of para-hydroxylation sites is 3. The van der Waals surface area contributed by atoms with Crippen LogP contribution in [0, 0.1) is 0 Å². The lowest BCUT2D eigenvalue weighted by atomic mass is 9.98. The third-order valence-corrected chi connectivity index (χ3v) is 12.0. The second-order valence-electron chi connectivity index (χ2n) is 15.6. The first-order valence-corrected chi connectivity index (χ1v) is 20.9. The second kappa shape index (κ2) is 14.7. The molecule has 0 amide bonds. The molecule has 0 unspecified atom stereocenters. The highest BCUT2D eigenvalue weighted by Gasteiger charge is 2.21. The van der Waals surface area contributed by atoms with Crippen molar-refractivity contribution in [3.05, 3.63) is 224 Å². The van der Waals surface area contributed by atoms with Gasteiger partial charge in [-0.15, -0.1) is 0 Å². The molecular formula is C57H37N5. The van der Waals surface area contributed by atoms with Crippen LogP contribution in [0.25, 0.3) is 111 Å². The third-order valence-electron chi connectivity index (χ3n) is 12.0. The smallest absolute Gasteiger partial charge is 0.164 e. The van der Waals surface area contributed by atoms with Gasteiger partial charge in [-0.05, 0) is 82.9 Å². The van der Waals surface area contributed by atoms with Crippen LogP contribution in [-0.2, 0) is 0 Å². The lowest BCUT2D eigenvalue weighted by Crippen LogP contribution is -2.00. The summed E-state index contributed by atoms with van der Waals surface area (Å²) in [5.41, 5.74) is 14.4. The summed E-state index contributed by atoms with van der Waals surface area (Å²) in [7, 11) is 0. The molecule has 5 nitrogen and oxygen atoms in total. The van der Waals surface area contributed by atoms with Crippen molar-refractivity contribution < 1.29 is 0 Å². The van der Waals surface area contributed by atoms with Crippen molar-refractivity contribution in [2.24, 2.45) is 0 Å². The molecule has 0 saturated heterocycles. The van der Waals surface area contributed by atoms with Gasteiger partial charge in [-0.2, -0.15) is 0 Å². The number of rotatable bonds is 7. The van der Waals surface area contributed by atoms with E-state index in [-0.39, 0.29) is 0 Å². The lowest BCUT2D eigenvalue weighted by molar-refractivity contribution is 1.07. The molecule has 0 N–H and O–H groups in total. The summed E-state index contributed by atoms with van der Waals surface area (Å²) in [6.07, 6.45) is 0. The Morgan fingerprint density at radius 1 is 0.258 bits per heavy atom. The fraction of sp³-hybridized carbons (Fsp3) is 0. The quantitative estimate of drug-likeness (QED) is 0.162. The SMILES string of the molecule is c1ccc(-c2cccc(-c3ccc(-c4nc(-c5ccccc5)nc(-c5ccc(-n6c7ccccc7c7ccc8c(c9ccccc9n8-c8ccccc8)c76)cc5)n4)cc3)c2)cc1. The van der Waals surface area contributed by atoms with Crippen LogP contribution in [0.2, 0.25) is 0 Å². The number of hydrogen-bond acceptors (Lipinski definition) is 3. The van der Waals surface area contributed by atoms with Crippen molar-refractivity contribution >= 4 is 43.6 Å². The van der Waals surface area contributed by atoms with Gasteiger partial charge in [0.05, 0.1) is 22.1 Å². The molecular weight excluding hydrogens is 755 g/mol. The highest BCUT2D eigenvalue weighted by Crippen LogP contribution is 2.42. The van der Waals surface area contributed by atoms with Crippen molar-refractivity contribution in [2.45, 2.75) is 0 Å². The maximum atomic E-state index is 5.12. The number of nitrogens with zero attached hydrogens (tertiary/aromatic N) is 5. The molecule has 3 aromatic heterocycles. The summed E-state index contributed by atoms with van der Waals surface area (Å²) in [4.78, 5) is 15.2. The van der Waals surface area contributed by atoms with Crippen LogP contribution in [0.15, 0.2) is 224 Å². The number of benzene rings is 9. The maximum absolute atomic E-state index is 5.12. The molecule has 0 bridgehead atoms. The van der Waals surface area contributed by atoms with Gasteiger partial charge in [-0.1, -0.05) is 164 Å². The fourth-order valence-electron chi connectivity index (χ4n) is 9.06. The molecule has 0 spiro atoms. The minimum Gasteiger partial charge on any atom is -0.309 e. The number of aromatic nitrogens is 5. The predicted octanol–water partition coefficient (Wildman–Crippen LogP) is 14.4. The Morgan fingerprint density at radius 3 is 1.32 bits per heavy atom. The maximum Gasteiger partial charge on any atom is 0.164 e. The highest BCUT2D eigenvalue weighted by molar-refractivity contribution is 6.26. The van der Waals surface area contributed by atoms with E-state index < -0.39 is 0 Å². The summed E-state index contributed by atoms with van der Waals surface area (Å²) in [5, 5.41) is 4.89. The minimum atomic E-state index is 0.621. The zero-order valence-corrected chi connectivity index (χ0v) is 33.6. The van der Waals surface area contributed by atoms with Crippen molar-refractivity contribution in [2.75, 3.05) is 0 Å². The normalized spacial score (nSPS) is 11.5. The van der Waals surface area contributed by atoms with Gasteiger partial charge in [0.1, 0.15) is 0 Å². The summed E-state index contributed by atoms with van der Waals surface area (Å²) < 4.78 is 4.80. The van der Waals surface area contributed by atoms with Gasteiger partial charge in [-0.25, -0.2) is 15.0 Å². The van der Waals surface area contributed by atoms with Crippen LogP contribution in [0.5, 0.6) is 0 Å². The average molecular weight is 792 g/mol. The standard InChI is InChI=1S/C57H37N5/c1-4-15-38(16-5-1)43-19-14-20-44(37-43)39-27-29-41(30-28-39)56-58-55(40-17-6-2-7-18-40)59-57(60-56)42-31-33-46(34-32-42)62-50-25-12-10-23-47(50)48-35-36-52-53(54(48)62)49-24-11-13-26-51(49)61(52)45-21-8-3-9-22-45/h1-37H. The number of fused-ring (bicyclic) bond motifs is 7.